The Bertz CT molecular complexity index is 1210. The lowest BCUT2D eigenvalue weighted by Gasteiger charge is -2.29. The van der Waals surface area contributed by atoms with Crippen LogP contribution < -0.4 is 0 Å². The molecule has 0 aliphatic carbocycles. The maximum Gasteiger partial charge on any atom is 0.269 e. The first-order chi connectivity index (χ1) is 15.5. The predicted molar refractivity (Wildman–Crippen MR) is 122 cm³/mol. The molecule has 7 nitrogen and oxygen atoms in total. The van der Waals surface area contributed by atoms with Crippen LogP contribution in [0.25, 0.3) is 10.8 Å². The second-order valence-corrected chi connectivity index (χ2v) is 9.12. The fraction of sp³-hybridized carbons (Fsp3) is 0.250. The van der Waals surface area contributed by atoms with Crippen molar-refractivity contribution >= 4 is 40.0 Å². The van der Waals surface area contributed by atoms with Gasteiger partial charge >= 0.3 is 0 Å². The van der Waals surface area contributed by atoms with Crippen molar-refractivity contribution in [1.82, 2.24) is 9.80 Å². The fourth-order valence-corrected chi connectivity index (χ4v) is 5.36. The van der Waals surface area contributed by atoms with E-state index in [0.717, 1.165) is 28.3 Å². The van der Waals surface area contributed by atoms with Crippen molar-refractivity contribution in [1.29, 1.82) is 0 Å². The molecule has 1 saturated heterocycles. The molecule has 162 valence electrons. The highest BCUT2D eigenvalue weighted by Crippen LogP contribution is 2.39. The Morgan fingerprint density at radius 3 is 2.25 bits per heavy atom. The number of likely N-dealkylation sites (tertiary alicyclic amines) is 1. The van der Waals surface area contributed by atoms with E-state index >= 15 is 0 Å². The van der Waals surface area contributed by atoms with Crippen LogP contribution in [0.4, 0.5) is 5.69 Å². The van der Waals surface area contributed by atoms with Gasteiger partial charge in [0, 0.05) is 51.5 Å². The molecule has 3 aromatic rings. The Kier molecular flexibility index (Phi) is 5.40. The van der Waals surface area contributed by atoms with Gasteiger partial charge in [-0.2, -0.15) is 0 Å². The van der Waals surface area contributed by atoms with Crippen LogP contribution in [0.2, 0.25) is 0 Å². The van der Waals surface area contributed by atoms with E-state index in [4.69, 9.17) is 0 Å². The summed E-state index contributed by atoms with van der Waals surface area (Å²) in [6.45, 7) is 3.14. The zero-order valence-electron chi connectivity index (χ0n) is 17.3. The normalized spacial score (nSPS) is 16.2. The summed E-state index contributed by atoms with van der Waals surface area (Å²) in [5.41, 5.74) is 1.13. The number of hydrogen-bond acceptors (Lipinski definition) is 6. The summed E-state index contributed by atoms with van der Waals surface area (Å²) >= 11 is 1.45. The van der Waals surface area contributed by atoms with Crippen LogP contribution in [0.1, 0.15) is 33.6 Å². The Morgan fingerprint density at radius 1 is 0.875 bits per heavy atom. The van der Waals surface area contributed by atoms with Crippen LogP contribution in [0.5, 0.6) is 0 Å². The number of nitro groups is 1. The molecule has 0 bridgehead atoms. The summed E-state index contributed by atoms with van der Waals surface area (Å²) in [5, 5.41) is 12.4. The van der Waals surface area contributed by atoms with E-state index in [1.807, 2.05) is 18.2 Å². The molecule has 1 fully saturated rings. The molecule has 0 spiro atoms. The van der Waals surface area contributed by atoms with E-state index in [1.165, 1.54) is 41.6 Å². The summed E-state index contributed by atoms with van der Waals surface area (Å²) in [7, 11) is 0. The zero-order valence-corrected chi connectivity index (χ0v) is 18.1. The minimum atomic E-state index is -0.427. The van der Waals surface area contributed by atoms with Gasteiger partial charge in [0.05, 0.1) is 4.92 Å². The molecule has 2 amide bonds. The van der Waals surface area contributed by atoms with E-state index in [9.17, 15) is 19.7 Å². The Morgan fingerprint density at radius 2 is 1.56 bits per heavy atom. The first kappa shape index (κ1) is 20.7. The molecule has 0 N–H and O–H groups in total. The predicted octanol–water partition coefficient (Wildman–Crippen LogP) is 4.59. The van der Waals surface area contributed by atoms with Gasteiger partial charge in [-0.05, 0) is 61.6 Å². The van der Waals surface area contributed by atoms with Crippen molar-refractivity contribution in [2.45, 2.75) is 22.6 Å². The molecule has 0 saturated carbocycles. The van der Waals surface area contributed by atoms with Gasteiger partial charge in [-0.15, -0.1) is 0 Å². The number of carbonyl (C=O) groups excluding carboxylic acids is 2. The number of benzene rings is 3. The quantitative estimate of drug-likeness (QED) is 0.312. The second kappa shape index (κ2) is 8.37. The maximum absolute atomic E-state index is 13.2. The average Bonchev–Trinajstić information content (AvgIpc) is 3.32. The van der Waals surface area contributed by atoms with Crippen LogP contribution in [0, 0.1) is 10.1 Å². The summed E-state index contributed by atoms with van der Waals surface area (Å²) in [6.07, 6.45) is 2.33. The van der Waals surface area contributed by atoms with Gasteiger partial charge < -0.3 is 4.90 Å². The summed E-state index contributed by atoms with van der Waals surface area (Å²) in [5.74, 6) is -0.491. The third kappa shape index (κ3) is 3.65. The number of amides is 2. The summed E-state index contributed by atoms with van der Waals surface area (Å²) in [6, 6.07) is 15.6. The van der Waals surface area contributed by atoms with Crippen molar-refractivity contribution in [2.75, 3.05) is 26.2 Å². The van der Waals surface area contributed by atoms with Crippen LogP contribution in [-0.2, 0) is 0 Å². The number of rotatable bonds is 6. The topological polar surface area (TPSA) is 83.8 Å². The van der Waals surface area contributed by atoms with Crippen molar-refractivity contribution in [3.8, 4) is 0 Å². The SMILES string of the molecule is O=C1c2cccc3c(Sc4ccc([N+](=O)[O-])cc4)ccc(c23)C(=O)N1CCN1CCCC1. The van der Waals surface area contributed by atoms with Gasteiger partial charge in [0.2, 0.25) is 0 Å². The van der Waals surface area contributed by atoms with E-state index < -0.39 is 4.92 Å². The average molecular weight is 448 g/mol. The fourth-order valence-electron chi connectivity index (χ4n) is 4.42. The lowest BCUT2D eigenvalue weighted by Crippen LogP contribution is -2.44. The zero-order chi connectivity index (χ0) is 22.2. The molecule has 32 heavy (non-hydrogen) atoms. The molecule has 5 rings (SSSR count). The third-order valence-corrected chi connectivity index (χ3v) is 7.15. The van der Waals surface area contributed by atoms with Crippen molar-refractivity contribution in [3.05, 3.63) is 75.8 Å². The molecule has 0 atom stereocenters. The highest BCUT2D eigenvalue weighted by atomic mass is 32.2. The van der Waals surface area contributed by atoms with Crippen LogP contribution in [0.15, 0.2) is 64.4 Å². The van der Waals surface area contributed by atoms with E-state index in [-0.39, 0.29) is 17.5 Å². The third-order valence-electron chi connectivity index (χ3n) is 6.07. The van der Waals surface area contributed by atoms with Crippen molar-refractivity contribution in [2.24, 2.45) is 0 Å². The smallest absolute Gasteiger partial charge is 0.269 e. The van der Waals surface area contributed by atoms with Gasteiger partial charge in [0.25, 0.3) is 17.5 Å². The van der Waals surface area contributed by atoms with Gasteiger partial charge in [-0.3, -0.25) is 24.6 Å². The molecule has 0 unspecified atom stereocenters. The minimum Gasteiger partial charge on any atom is -0.302 e. The lowest BCUT2D eigenvalue weighted by atomic mass is 9.94. The molecule has 0 aromatic heterocycles. The molecule has 2 aliphatic rings. The standard InChI is InChI=1S/C24H21N3O4S/c28-23-19-5-3-4-18-21(32-17-8-6-16(7-9-17)27(30)31)11-10-20(22(18)19)24(29)26(23)15-14-25-12-1-2-13-25/h3-11H,1-2,12-15H2. The monoisotopic (exact) mass is 447 g/mol. The second-order valence-electron chi connectivity index (χ2n) is 8.00. The molecule has 8 heteroatoms. The molecule has 2 heterocycles. The van der Waals surface area contributed by atoms with Crippen LogP contribution in [-0.4, -0.2) is 52.7 Å². The van der Waals surface area contributed by atoms with Gasteiger partial charge in [-0.25, -0.2) is 0 Å². The van der Waals surface area contributed by atoms with Gasteiger partial charge in [0.15, 0.2) is 0 Å². The highest BCUT2D eigenvalue weighted by Gasteiger charge is 2.33. The highest BCUT2D eigenvalue weighted by molar-refractivity contribution is 7.99. The number of nitrogens with zero attached hydrogens (tertiary/aromatic N) is 3. The molecule has 2 aliphatic heterocycles. The lowest BCUT2D eigenvalue weighted by molar-refractivity contribution is -0.384. The molecular formula is C24H21N3O4S. The van der Waals surface area contributed by atoms with Crippen LogP contribution >= 0.6 is 11.8 Å². The van der Waals surface area contributed by atoms with E-state index in [0.29, 0.717) is 29.6 Å². The summed E-state index contributed by atoms with van der Waals surface area (Å²) < 4.78 is 0. The molecular weight excluding hydrogens is 426 g/mol. The largest absolute Gasteiger partial charge is 0.302 e. The first-order valence-electron chi connectivity index (χ1n) is 10.6. The first-order valence-corrected chi connectivity index (χ1v) is 11.4. The molecule has 0 radical (unpaired) electrons. The number of carbonyl (C=O) groups is 2. The maximum atomic E-state index is 13.2. The summed E-state index contributed by atoms with van der Waals surface area (Å²) in [4.78, 5) is 42.3. The van der Waals surface area contributed by atoms with E-state index in [2.05, 4.69) is 4.90 Å². The Balaban J connectivity index is 1.47. The minimum absolute atomic E-state index is 0.0384. The van der Waals surface area contributed by atoms with Crippen molar-refractivity contribution in [3.63, 3.8) is 0 Å². The number of nitro benzene ring substituents is 1. The molecule has 3 aromatic carbocycles. The Labute approximate surface area is 189 Å². The number of non-ortho nitro benzene ring substituents is 1. The van der Waals surface area contributed by atoms with E-state index in [1.54, 1.807) is 24.3 Å². The van der Waals surface area contributed by atoms with Gasteiger partial charge in [-0.1, -0.05) is 23.9 Å². The number of hydrogen-bond donors (Lipinski definition) is 0. The van der Waals surface area contributed by atoms with Crippen LogP contribution in [0.3, 0.4) is 0 Å². The Hall–Kier alpha value is -3.23. The van der Waals surface area contributed by atoms with Crippen molar-refractivity contribution < 1.29 is 14.5 Å². The van der Waals surface area contributed by atoms with Gasteiger partial charge in [0.1, 0.15) is 0 Å². The number of imide groups is 1.